The van der Waals surface area contributed by atoms with E-state index in [2.05, 4.69) is 11.4 Å². The van der Waals surface area contributed by atoms with Crippen LogP contribution in [0.15, 0.2) is 35.0 Å². The molecule has 92 valence electrons. The minimum absolute atomic E-state index is 0.357. The third kappa shape index (κ3) is 2.80. The van der Waals surface area contributed by atoms with E-state index in [1.54, 1.807) is 29.5 Å². The number of nitrogens with zero attached hydrogens (tertiary/aromatic N) is 1. The number of anilines is 2. The Hall–Kier alpha value is -2.03. The first-order valence-electron chi connectivity index (χ1n) is 5.44. The lowest BCUT2D eigenvalue weighted by Crippen LogP contribution is -2.12. The maximum absolute atomic E-state index is 9.93. The molecule has 0 amide bonds. The number of aliphatic hydroxyl groups excluding tert-OH is 1. The minimum atomic E-state index is -0.582. The largest absolute Gasteiger partial charge is 0.397 e. The maximum Gasteiger partial charge on any atom is 0.0992 e. The average molecular weight is 259 g/mol. The molecule has 0 saturated carbocycles. The van der Waals surface area contributed by atoms with Gasteiger partial charge in [-0.2, -0.15) is 16.6 Å². The van der Waals surface area contributed by atoms with Gasteiger partial charge in [-0.15, -0.1) is 0 Å². The average Bonchev–Trinajstić information content (AvgIpc) is 2.91. The van der Waals surface area contributed by atoms with Gasteiger partial charge in [-0.1, -0.05) is 0 Å². The monoisotopic (exact) mass is 259 g/mol. The van der Waals surface area contributed by atoms with E-state index < -0.39 is 6.10 Å². The standard InChI is InChI=1S/C13H13N3OS/c14-6-9-1-2-11(15)12(5-9)16-7-13(17)10-3-4-18-8-10/h1-5,8,13,16-17H,7,15H2. The summed E-state index contributed by atoms with van der Waals surface area (Å²) in [5, 5.41) is 25.6. The second-order valence-corrected chi connectivity index (χ2v) is 4.65. The summed E-state index contributed by atoms with van der Waals surface area (Å²) in [7, 11) is 0. The summed E-state index contributed by atoms with van der Waals surface area (Å²) in [6, 6.07) is 8.95. The summed E-state index contributed by atoms with van der Waals surface area (Å²) in [6.07, 6.45) is -0.582. The number of nitriles is 1. The van der Waals surface area contributed by atoms with Crippen LogP contribution in [0.3, 0.4) is 0 Å². The Morgan fingerprint density at radius 1 is 1.44 bits per heavy atom. The molecule has 0 bridgehead atoms. The quantitative estimate of drug-likeness (QED) is 0.736. The number of nitrogens with two attached hydrogens (primary N) is 1. The van der Waals surface area contributed by atoms with Gasteiger partial charge >= 0.3 is 0 Å². The van der Waals surface area contributed by atoms with E-state index in [0.29, 0.717) is 23.5 Å². The fourth-order valence-electron chi connectivity index (χ4n) is 1.57. The zero-order chi connectivity index (χ0) is 13.0. The molecule has 1 atom stereocenters. The van der Waals surface area contributed by atoms with Gasteiger partial charge in [0.15, 0.2) is 0 Å². The van der Waals surface area contributed by atoms with Crippen LogP contribution in [0.5, 0.6) is 0 Å². The fraction of sp³-hybridized carbons (Fsp3) is 0.154. The van der Waals surface area contributed by atoms with Crippen molar-refractivity contribution in [2.24, 2.45) is 0 Å². The number of nitrogen functional groups attached to an aromatic ring is 1. The number of thiophene rings is 1. The van der Waals surface area contributed by atoms with E-state index in [0.717, 1.165) is 5.56 Å². The van der Waals surface area contributed by atoms with Crippen LogP contribution >= 0.6 is 11.3 Å². The van der Waals surface area contributed by atoms with Crippen molar-refractivity contribution in [1.29, 1.82) is 5.26 Å². The minimum Gasteiger partial charge on any atom is -0.397 e. The highest BCUT2D eigenvalue weighted by Gasteiger charge is 2.08. The molecule has 1 aromatic carbocycles. The van der Waals surface area contributed by atoms with Crippen molar-refractivity contribution in [2.75, 3.05) is 17.6 Å². The molecule has 2 aromatic rings. The van der Waals surface area contributed by atoms with Crippen molar-refractivity contribution < 1.29 is 5.11 Å². The van der Waals surface area contributed by atoms with E-state index >= 15 is 0 Å². The van der Waals surface area contributed by atoms with Crippen LogP contribution in [0.25, 0.3) is 0 Å². The molecule has 0 spiro atoms. The van der Waals surface area contributed by atoms with Crippen LogP contribution in [0.4, 0.5) is 11.4 Å². The SMILES string of the molecule is N#Cc1ccc(N)c(NCC(O)c2ccsc2)c1. The topological polar surface area (TPSA) is 82.1 Å². The normalized spacial score (nSPS) is 11.8. The van der Waals surface area contributed by atoms with Gasteiger partial charge in [0.05, 0.1) is 29.1 Å². The van der Waals surface area contributed by atoms with Gasteiger partial charge in [-0.3, -0.25) is 0 Å². The van der Waals surface area contributed by atoms with E-state index in [1.807, 2.05) is 16.8 Å². The van der Waals surface area contributed by atoms with Crippen molar-refractivity contribution >= 4 is 22.7 Å². The summed E-state index contributed by atoms with van der Waals surface area (Å²) < 4.78 is 0. The molecule has 1 unspecified atom stereocenters. The van der Waals surface area contributed by atoms with Crippen LogP contribution in [0, 0.1) is 11.3 Å². The molecule has 18 heavy (non-hydrogen) atoms. The van der Waals surface area contributed by atoms with Gasteiger partial charge in [-0.25, -0.2) is 0 Å². The van der Waals surface area contributed by atoms with Gasteiger partial charge in [0, 0.05) is 6.54 Å². The molecule has 1 heterocycles. The summed E-state index contributed by atoms with van der Waals surface area (Å²) in [5.74, 6) is 0. The summed E-state index contributed by atoms with van der Waals surface area (Å²) in [5.41, 5.74) is 8.44. The van der Waals surface area contributed by atoms with Crippen molar-refractivity contribution in [1.82, 2.24) is 0 Å². The van der Waals surface area contributed by atoms with Gasteiger partial charge < -0.3 is 16.2 Å². The van der Waals surface area contributed by atoms with Crippen LogP contribution in [-0.2, 0) is 0 Å². The Morgan fingerprint density at radius 2 is 2.28 bits per heavy atom. The fourth-order valence-corrected chi connectivity index (χ4v) is 2.28. The van der Waals surface area contributed by atoms with Gasteiger partial charge in [-0.05, 0) is 40.6 Å². The van der Waals surface area contributed by atoms with E-state index in [1.165, 1.54) is 0 Å². The first-order chi connectivity index (χ1) is 8.70. The van der Waals surface area contributed by atoms with Crippen LogP contribution in [-0.4, -0.2) is 11.7 Å². The third-order valence-electron chi connectivity index (χ3n) is 2.60. The first kappa shape index (κ1) is 12.4. The van der Waals surface area contributed by atoms with E-state index in [9.17, 15) is 5.11 Å². The summed E-state index contributed by atoms with van der Waals surface area (Å²) in [6.45, 7) is 0.357. The van der Waals surface area contributed by atoms with Crippen LogP contribution in [0.1, 0.15) is 17.2 Å². The lowest BCUT2D eigenvalue weighted by atomic mass is 10.1. The lowest BCUT2D eigenvalue weighted by Gasteiger charge is -2.13. The van der Waals surface area contributed by atoms with Crippen molar-refractivity contribution in [2.45, 2.75) is 6.10 Å². The predicted molar refractivity (Wildman–Crippen MR) is 73.3 cm³/mol. The van der Waals surface area contributed by atoms with E-state index in [-0.39, 0.29) is 0 Å². The van der Waals surface area contributed by atoms with Gasteiger partial charge in [0.25, 0.3) is 0 Å². The number of aliphatic hydroxyl groups is 1. The Balaban J connectivity index is 2.04. The number of nitrogens with one attached hydrogen (secondary N) is 1. The molecular formula is C13H13N3OS. The summed E-state index contributed by atoms with van der Waals surface area (Å²) in [4.78, 5) is 0. The first-order valence-corrected chi connectivity index (χ1v) is 6.38. The Labute approximate surface area is 109 Å². The zero-order valence-corrected chi connectivity index (χ0v) is 10.4. The van der Waals surface area contributed by atoms with Gasteiger partial charge in [0.2, 0.25) is 0 Å². The van der Waals surface area contributed by atoms with Gasteiger partial charge in [0.1, 0.15) is 0 Å². The number of benzene rings is 1. The molecule has 0 saturated heterocycles. The number of hydrogen-bond donors (Lipinski definition) is 3. The van der Waals surface area contributed by atoms with Crippen LogP contribution < -0.4 is 11.1 Å². The molecule has 4 nitrogen and oxygen atoms in total. The van der Waals surface area contributed by atoms with Crippen molar-refractivity contribution in [3.63, 3.8) is 0 Å². The molecule has 4 N–H and O–H groups in total. The van der Waals surface area contributed by atoms with Crippen LogP contribution in [0.2, 0.25) is 0 Å². The molecular weight excluding hydrogens is 246 g/mol. The molecule has 5 heteroatoms. The maximum atomic E-state index is 9.93. The van der Waals surface area contributed by atoms with E-state index in [4.69, 9.17) is 11.0 Å². The summed E-state index contributed by atoms with van der Waals surface area (Å²) >= 11 is 1.54. The highest BCUT2D eigenvalue weighted by atomic mass is 32.1. The molecule has 1 aromatic heterocycles. The predicted octanol–water partition coefficient (Wildman–Crippen LogP) is 2.35. The Morgan fingerprint density at radius 3 is 2.94 bits per heavy atom. The lowest BCUT2D eigenvalue weighted by molar-refractivity contribution is 0.192. The smallest absolute Gasteiger partial charge is 0.0992 e. The second kappa shape index (κ2) is 5.54. The molecule has 0 aliphatic heterocycles. The van der Waals surface area contributed by atoms with Crippen molar-refractivity contribution in [3.8, 4) is 6.07 Å². The highest BCUT2D eigenvalue weighted by molar-refractivity contribution is 7.07. The highest BCUT2D eigenvalue weighted by Crippen LogP contribution is 2.22. The Kier molecular flexibility index (Phi) is 3.82. The number of hydrogen-bond acceptors (Lipinski definition) is 5. The third-order valence-corrected chi connectivity index (χ3v) is 3.30. The molecule has 2 rings (SSSR count). The zero-order valence-electron chi connectivity index (χ0n) is 9.63. The molecule has 0 fully saturated rings. The molecule has 0 aliphatic rings. The molecule has 0 aliphatic carbocycles. The molecule has 0 radical (unpaired) electrons. The van der Waals surface area contributed by atoms with Crippen molar-refractivity contribution in [3.05, 3.63) is 46.2 Å². The number of rotatable bonds is 4. The Bertz CT molecular complexity index is 560. The second-order valence-electron chi connectivity index (χ2n) is 3.87.